The number of ether oxygens (including phenoxy) is 1. The maximum Gasteiger partial charge on any atom is 0.143 e. The molecule has 0 amide bonds. The summed E-state index contributed by atoms with van der Waals surface area (Å²) in [7, 11) is 0. The molecule has 0 aliphatic carbocycles. The van der Waals surface area contributed by atoms with Gasteiger partial charge in [-0.05, 0) is 48.9 Å². The predicted octanol–water partition coefficient (Wildman–Crippen LogP) is 4.48. The average molecular weight is 261 g/mol. The standard InChI is InChI=1S/C17H27NO/c1-4-6-7-9-14-12-16-17(18-10-11-19-16)13(3)15(14)8-5-2/h12,18H,4-11H2,1-3H3. The summed E-state index contributed by atoms with van der Waals surface area (Å²) in [6, 6.07) is 2.29. The molecule has 2 rings (SSSR count). The molecule has 106 valence electrons. The minimum Gasteiger partial charge on any atom is -0.490 e. The lowest BCUT2D eigenvalue weighted by Crippen LogP contribution is -2.20. The fourth-order valence-electron chi connectivity index (χ4n) is 2.95. The van der Waals surface area contributed by atoms with Crippen molar-refractivity contribution in [2.75, 3.05) is 18.5 Å². The highest BCUT2D eigenvalue weighted by Crippen LogP contribution is 2.36. The number of anilines is 1. The second-order valence-electron chi connectivity index (χ2n) is 5.49. The van der Waals surface area contributed by atoms with Gasteiger partial charge < -0.3 is 10.1 Å². The molecule has 19 heavy (non-hydrogen) atoms. The normalized spacial score (nSPS) is 13.6. The Morgan fingerprint density at radius 1 is 1.16 bits per heavy atom. The Labute approximate surface area is 117 Å². The highest BCUT2D eigenvalue weighted by molar-refractivity contribution is 5.67. The number of aryl methyl sites for hydroxylation is 1. The quantitative estimate of drug-likeness (QED) is 0.762. The topological polar surface area (TPSA) is 21.3 Å². The molecule has 0 saturated heterocycles. The van der Waals surface area contributed by atoms with Crippen molar-refractivity contribution in [2.45, 2.75) is 59.3 Å². The van der Waals surface area contributed by atoms with Crippen LogP contribution in [0.1, 0.15) is 56.2 Å². The Morgan fingerprint density at radius 2 is 2.00 bits per heavy atom. The first-order valence-corrected chi connectivity index (χ1v) is 7.80. The smallest absolute Gasteiger partial charge is 0.143 e. The first-order chi connectivity index (χ1) is 9.27. The fraction of sp³-hybridized carbons (Fsp3) is 0.647. The molecule has 0 aromatic heterocycles. The number of fused-ring (bicyclic) bond motifs is 1. The van der Waals surface area contributed by atoms with Crippen LogP contribution >= 0.6 is 0 Å². The SMILES string of the molecule is CCCCCc1cc2c(c(C)c1CCC)NCCO2. The second-order valence-corrected chi connectivity index (χ2v) is 5.49. The molecule has 0 spiro atoms. The van der Waals surface area contributed by atoms with Gasteiger partial charge in [0.1, 0.15) is 12.4 Å². The van der Waals surface area contributed by atoms with Gasteiger partial charge in [0.05, 0.1) is 5.69 Å². The van der Waals surface area contributed by atoms with E-state index in [0.29, 0.717) is 0 Å². The van der Waals surface area contributed by atoms with Crippen molar-refractivity contribution < 1.29 is 4.74 Å². The molecule has 0 fully saturated rings. The Bertz CT molecular complexity index is 426. The zero-order valence-electron chi connectivity index (χ0n) is 12.6. The van der Waals surface area contributed by atoms with Crippen LogP contribution in [0.3, 0.4) is 0 Å². The molecular weight excluding hydrogens is 234 g/mol. The van der Waals surface area contributed by atoms with E-state index in [4.69, 9.17) is 4.74 Å². The third-order valence-corrected chi connectivity index (χ3v) is 3.98. The minimum absolute atomic E-state index is 0.786. The summed E-state index contributed by atoms with van der Waals surface area (Å²) in [5.74, 6) is 1.06. The van der Waals surface area contributed by atoms with Crippen LogP contribution in [0.15, 0.2) is 6.07 Å². The van der Waals surface area contributed by atoms with E-state index in [9.17, 15) is 0 Å². The third kappa shape index (κ3) is 3.23. The van der Waals surface area contributed by atoms with Crippen molar-refractivity contribution in [2.24, 2.45) is 0 Å². The number of nitrogens with one attached hydrogen (secondary N) is 1. The maximum absolute atomic E-state index is 5.82. The van der Waals surface area contributed by atoms with Crippen LogP contribution in [0.5, 0.6) is 5.75 Å². The van der Waals surface area contributed by atoms with Crippen LogP contribution in [0.2, 0.25) is 0 Å². The summed E-state index contributed by atoms with van der Waals surface area (Å²) in [5.41, 5.74) is 5.70. The van der Waals surface area contributed by atoms with E-state index < -0.39 is 0 Å². The first-order valence-electron chi connectivity index (χ1n) is 7.80. The minimum atomic E-state index is 0.786. The summed E-state index contributed by atoms with van der Waals surface area (Å²) >= 11 is 0. The first kappa shape index (κ1) is 14.2. The van der Waals surface area contributed by atoms with Crippen LogP contribution < -0.4 is 10.1 Å². The van der Waals surface area contributed by atoms with Crippen molar-refractivity contribution in [3.63, 3.8) is 0 Å². The van der Waals surface area contributed by atoms with E-state index in [0.717, 1.165) is 18.9 Å². The molecule has 1 aromatic carbocycles. The maximum atomic E-state index is 5.82. The summed E-state index contributed by atoms with van der Waals surface area (Å²) in [4.78, 5) is 0. The van der Waals surface area contributed by atoms with E-state index in [1.807, 2.05) is 0 Å². The summed E-state index contributed by atoms with van der Waals surface area (Å²) in [6.07, 6.45) is 7.48. The van der Waals surface area contributed by atoms with Gasteiger partial charge in [-0.15, -0.1) is 0 Å². The molecule has 1 aromatic rings. The number of unbranched alkanes of at least 4 members (excludes halogenated alkanes) is 2. The van der Waals surface area contributed by atoms with Crippen LogP contribution in [0.4, 0.5) is 5.69 Å². The van der Waals surface area contributed by atoms with Gasteiger partial charge in [-0.2, -0.15) is 0 Å². The molecule has 0 saturated carbocycles. The van der Waals surface area contributed by atoms with Crippen molar-refractivity contribution in [3.8, 4) is 5.75 Å². The van der Waals surface area contributed by atoms with Crippen molar-refractivity contribution in [1.29, 1.82) is 0 Å². The molecule has 1 N–H and O–H groups in total. The highest BCUT2D eigenvalue weighted by Gasteiger charge is 2.17. The average Bonchev–Trinajstić information content (AvgIpc) is 2.43. The van der Waals surface area contributed by atoms with E-state index in [-0.39, 0.29) is 0 Å². The Balaban J connectivity index is 2.30. The number of benzene rings is 1. The van der Waals surface area contributed by atoms with Crippen LogP contribution in [0.25, 0.3) is 0 Å². The molecule has 1 aliphatic heterocycles. The highest BCUT2D eigenvalue weighted by atomic mass is 16.5. The molecule has 0 unspecified atom stereocenters. The van der Waals surface area contributed by atoms with Crippen molar-refractivity contribution >= 4 is 5.69 Å². The third-order valence-electron chi connectivity index (χ3n) is 3.98. The van der Waals surface area contributed by atoms with E-state index in [1.165, 1.54) is 55.3 Å². The Morgan fingerprint density at radius 3 is 2.74 bits per heavy atom. The van der Waals surface area contributed by atoms with Gasteiger partial charge in [-0.1, -0.05) is 33.1 Å². The van der Waals surface area contributed by atoms with Crippen LogP contribution in [-0.4, -0.2) is 13.2 Å². The lowest BCUT2D eigenvalue weighted by Gasteiger charge is -2.25. The van der Waals surface area contributed by atoms with Gasteiger partial charge in [0, 0.05) is 6.54 Å². The molecule has 2 heteroatoms. The molecule has 0 radical (unpaired) electrons. The number of hydrogen-bond acceptors (Lipinski definition) is 2. The molecule has 0 atom stereocenters. The van der Waals surface area contributed by atoms with Crippen LogP contribution in [-0.2, 0) is 12.8 Å². The monoisotopic (exact) mass is 261 g/mol. The zero-order chi connectivity index (χ0) is 13.7. The van der Waals surface area contributed by atoms with E-state index >= 15 is 0 Å². The van der Waals surface area contributed by atoms with Gasteiger partial charge in [0.2, 0.25) is 0 Å². The molecule has 2 nitrogen and oxygen atoms in total. The Kier molecular flexibility index (Phi) is 5.12. The largest absolute Gasteiger partial charge is 0.490 e. The summed E-state index contributed by atoms with van der Waals surface area (Å²) < 4.78 is 5.82. The number of hydrogen-bond donors (Lipinski definition) is 1. The zero-order valence-corrected chi connectivity index (χ0v) is 12.6. The summed E-state index contributed by atoms with van der Waals surface area (Å²) in [6.45, 7) is 8.48. The molecule has 1 aliphatic rings. The molecule has 0 bridgehead atoms. The van der Waals surface area contributed by atoms with Crippen molar-refractivity contribution in [3.05, 3.63) is 22.8 Å². The lowest BCUT2D eigenvalue weighted by molar-refractivity contribution is 0.322. The number of rotatable bonds is 6. The van der Waals surface area contributed by atoms with Gasteiger partial charge in [0.15, 0.2) is 0 Å². The van der Waals surface area contributed by atoms with Crippen LogP contribution in [0, 0.1) is 6.92 Å². The van der Waals surface area contributed by atoms with Gasteiger partial charge in [-0.25, -0.2) is 0 Å². The lowest BCUT2D eigenvalue weighted by atomic mass is 9.92. The van der Waals surface area contributed by atoms with Crippen molar-refractivity contribution in [1.82, 2.24) is 0 Å². The molecular formula is C17H27NO. The van der Waals surface area contributed by atoms with Gasteiger partial charge in [-0.3, -0.25) is 0 Å². The van der Waals surface area contributed by atoms with E-state index in [2.05, 4.69) is 32.2 Å². The van der Waals surface area contributed by atoms with E-state index in [1.54, 1.807) is 5.56 Å². The van der Waals surface area contributed by atoms with Gasteiger partial charge >= 0.3 is 0 Å². The molecule has 1 heterocycles. The summed E-state index contributed by atoms with van der Waals surface area (Å²) in [5, 5.41) is 3.50. The Hall–Kier alpha value is -1.18. The second kappa shape index (κ2) is 6.83. The van der Waals surface area contributed by atoms with Gasteiger partial charge in [0.25, 0.3) is 0 Å². The fourth-order valence-corrected chi connectivity index (χ4v) is 2.95. The predicted molar refractivity (Wildman–Crippen MR) is 82.4 cm³/mol.